The molecule has 0 fully saturated rings. The number of benzene rings is 1. The van der Waals surface area contributed by atoms with Gasteiger partial charge in [0.15, 0.2) is 0 Å². The molecule has 0 aliphatic heterocycles. The summed E-state index contributed by atoms with van der Waals surface area (Å²) < 4.78 is 13.9. The molecule has 0 aliphatic rings. The van der Waals surface area contributed by atoms with Gasteiger partial charge in [-0.1, -0.05) is 36.5 Å². The third-order valence-electron chi connectivity index (χ3n) is 3.21. The minimum absolute atomic E-state index is 0.145. The molecule has 0 spiro atoms. The average Bonchev–Trinajstić information content (AvgIpc) is 2.94. The first-order valence-electron chi connectivity index (χ1n) is 7.08. The van der Waals surface area contributed by atoms with Crippen LogP contribution >= 0.6 is 11.3 Å². The molecule has 0 radical (unpaired) electrons. The maximum absolute atomic E-state index is 13.9. The van der Waals surface area contributed by atoms with E-state index in [-0.39, 0.29) is 18.4 Å². The lowest BCUT2D eigenvalue weighted by Gasteiger charge is -2.15. The second-order valence-electron chi connectivity index (χ2n) is 4.92. The number of aromatic nitrogens is 2. The molecule has 0 saturated heterocycles. The number of aliphatic carboxylic acids is 1. The molecule has 23 heavy (non-hydrogen) atoms. The monoisotopic (exact) mass is 337 g/mol. The summed E-state index contributed by atoms with van der Waals surface area (Å²) in [6.45, 7) is 1.92. The Labute approximate surface area is 136 Å². The number of halogens is 1. The van der Waals surface area contributed by atoms with Crippen molar-refractivity contribution in [1.82, 2.24) is 10.2 Å². The first-order chi connectivity index (χ1) is 11.0. The second kappa shape index (κ2) is 7.77. The number of anilines is 1. The van der Waals surface area contributed by atoms with E-state index in [2.05, 4.69) is 15.5 Å². The number of carboxylic acids is 1. The van der Waals surface area contributed by atoms with Crippen molar-refractivity contribution in [2.75, 3.05) is 5.32 Å². The molecule has 1 heterocycles. The molecule has 0 bridgehead atoms. The summed E-state index contributed by atoms with van der Waals surface area (Å²) in [6.07, 6.45) is 0.239. The zero-order valence-corrected chi connectivity index (χ0v) is 13.3. The van der Waals surface area contributed by atoms with Gasteiger partial charge in [0.05, 0.1) is 6.42 Å². The molecule has 1 atom stereocenters. The first kappa shape index (κ1) is 17.0. The lowest BCUT2D eigenvalue weighted by molar-refractivity contribution is -0.137. The van der Waals surface area contributed by atoms with Crippen molar-refractivity contribution in [3.63, 3.8) is 0 Å². The third kappa shape index (κ3) is 4.82. The molecule has 8 heteroatoms. The number of hydrogen-bond donors (Lipinski definition) is 2. The highest BCUT2D eigenvalue weighted by Gasteiger charge is 2.22. The van der Waals surface area contributed by atoms with E-state index < -0.39 is 23.6 Å². The van der Waals surface area contributed by atoms with Crippen LogP contribution in [0.1, 0.15) is 36.3 Å². The molecule has 0 saturated carbocycles. The van der Waals surface area contributed by atoms with Crippen LogP contribution in [-0.4, -0.2) is 27.2 Å². The zero-order valence-electron chi connectivity index (χ0n) is 12.5. The predicted octanol–water partition coefficient (Wildman–Crippen LogP) is 2.83. The van der Waals surface area contributed by atoms with Crippen LogP contribution in [0.5, 0.6) is 0 Å². The summed E-state index contributed by atoms with van der Waals surface area (Å²) in [5.41, 5.74) is 0.219. The Hall–Kier alpha value is -2.35. The Kier molecular flexibility index (Phi) is 5.75. The molecule has 1 unspecified atom stereocenters. The van der Waals surface area contributed by atoms with Crippen LogP contribution in [-0.2, 0) is 16.0 Å². The van der Waals surface area contributed by atoms with Gasteiger partial charge in [0.25, 0.3) is 0 Å². The number of carboxylic acid groups (broad SMARTS) is 1. The summed E-state index contributed by atoms with van der Waals surface area (Å²) in [6, 6.07) is 5.88. The van der Waals surface area contributed by atoms with Crippen molar-refractivity contribution in [1.29, 1.82) is 0 Å². The molecular weight excluding hydrogens is 321 g/mol. The van der Waals surface area contributed by atoms with Crippen LogP contribution in [0.2, 0.25) is 0 Å². The number of hydrogen-bond acceptors (Lipinski definition) is 5. The SMILES string of the molecule is CCc1nnc(NC(=O)CC(CC(=O)O)c2ccccc2F)s1. The Morgan fingerprint density at radius 3 is 2.65 bits per heavy atom. The second-order valence-corrected chi connectivity index (χ2v) is 5.99. The Balaban J connectivity index is 2.09. The van der Waals surface area contributed by atoms with E-state index in [1.807, 2.05) is 6.92 Å². The number of nitrogens with zero attached hydrogens (tertiary/aromatic N) is 2. The third-order valence-corrected chi connectivity index (χ3v) is 4.20. The van der Waals surface area contributed by atoms with Gasteiger partial charge in [-0.25, -0.2) is 4.39 Å². The predicted molar refractivity (Wildman–Crippen MR) is 83.9 cm³/mol. The number of amides is 1. The van der Waals surface area contributed by atoms with Gasteiger partial charge < -0.3 is 10.4 Å². The minimum atomic E-state index is -1.09. The lowest BCUT2D eigenvalue weighted by atomic mass is 9.92. The van der Waals surface area contributed by atoms with Crippen LogP contribution in [0, 0.1) is 5.82 Å². The van der Waals surface area contributed by atoms with Crippen molar-refractivity contribution in [2.24, 2.45) is 0 Å². The molecule has 6 nitrogen and oxygen atoms in total. The van der Waals surface area contributed by atoms with Crippen LogP contribution in [0.25, 0.3) is 0 Å². The summed E-state index contributed by atoms with van der Waals surface area (Å²) in [4.78, 5) is 23.1. The topological polar surface area (TPSA) is 92.2 Å². The first-order valence-corrected chi connectivity index (χ1v) is 7.89. The van der Waals surface area contributed by atoms with Gasteiger partial charge in [0, 0.05) is 12.3 Å². The lowest BCUT2D eigenvalue weighted by Crippen LogP contribution is -2.18. The van der Waals surface area contributed by atoms with Gasteiger partial charge in [-0.2, -0.15) is 0 Å². The van der Waals surface area contributed by atoms with E-state index in [1.54, 1.807) is 6.07 Å². The average molecular weight is 337 g/mol. The van der Waals surface area contributed by atoms with Gasteiger partial charge >= 0.3 is 5.97 Å². The standard InChI is InChI=1S/C15H16FN3O3S/c1-2-13-18-19-15(23-13)17-12(20)7-9(8-14(21)22)10-5-3-4-6-11(10)16/h3-6,9H,2,7-8H2,1H3,(H,21,22)(H,17,19,20). The Morgan fingerprint density at radius 2 is 2.04 bits per heavy atom. The quantitative estimate of drug-likeness (QED) is 0.810. The zero-order chi connectivity index (χ0) is 16.8. The van der Waals surface area contributed by atoms with Gasteiger partial charge in [-0.05, 0) is 18.1 Å². The molecule has 2 N–H and O–H groups in total. The summed E-state index contributed by atoms with van der Waals surface area (Å²) in [5, 5.41) is 20.4. The largest absolute Gasteiger partial charge is 0.481 e. The maximum Gasteiger partial charge on any atom is 0.303 e. The van der Waals surface area contributed by atoms with E-state index in [0.717, 1.165) is 5.01 Å². The number of carbonyl (C=O) groups excluding carboxylic acids is 1. The van der Waals surface area contributed by atoms with Crippen LogP contribution in [0.4, 0.5) is 9.52 Å². The van der Waals surface area contributed by atoms with Crippen LogP contribution in [0.15, 0.2) is 24.3 Å². The molecule has 1 aromatic carbocycles. The van der Waals surface area contributed by atoms with Crippen molar-refractivity contribution in [3.05, 3.63) is 40.7 Å². The summed E-state index contributed by atoms with van der Waals surface area (Å²) in [7, 11) is 0. The van der Waals surface area contributed by atoms with E-state index in [0.29, 0.717) is 11.6 Å². The van der Waals surface area contributed by atoms with Crippen LogP contribution in [0.3, 0.4) is 0 Å². The van der Waals surface area contributed by atoms with Gasteiger partial charge in [0.2, 0.25) is 11.0 Å². The van der Waals surface area contributed by atoms with Crippen molar-refractivity contribution >= 4 is 28.3 Å². The van der Waals surface area contributed by atoms with Crippen LogP contribution < -0.4 is 5.32 Å². The fraction of sp³-hybridized carbons (Fsp3) is 0.333. The van der Waals surface area contributed by atoms with E-state index in [1.165, 1.54) is 29.5 Å². The number of aryl methyl sites for hydroxylation is 1. The highest BCUT2D eigenvalue weighted by Crippen LogP contribution is 2.27. The molecule has 1 amide bonds. The Bertz CT molecular complexity index is 705. The van der Waals surface area contributed by atoms with E-state index >= 15 is 0 Å². The number of carbonyl (C=O) groups is 2. The van der Waals surface area contributed by atoms with Crippen molar-refractivity contribution < 1.29 is 19.1 Å². The van der Waals surface area contributed by atoms with Crippen molar-refractivity contribution in [2.45, 2.75) is 32.1 Å². The molecule has 2 aromatic rings. The minimum Gasteiger partial charge on any atom is -0.481 e. The molecule has 1 aromatic heterocycles. The highest BCUT2D eigenvalue weighted by atomic mass is 32.1. The molecular formula is C15H16FN3O3S. The summed E-state index contributed by atoms with van der Waals surface area (Å²) in [5.74, 6) is -2.77. The summed E-state index contributed by atoms with van der Waals surface area (Å²) >= 11 is 1.26. The fourth-order valence-electron chi connectivity index (χ4n) is 2.15. The molecule has 2 rings (SSSR count). The molecule has 0 aliphatic carbocycles. The van der Waals surface area contributed by atoms with Gasteiger partial charge in [0.1, 0.15) is 10.8 Å². The fourth-order valence-corrected chi connectivity index (χ4v) is 2.85. The van der Waals surface area contributed by atoms with Crippen molar-refractivity contribution in [3.8, 4) is 0 Å². The number of rotatable bonds is 7. The normalized spacial score (nSPS) is 11.9. The van der Waals surface area contributed by atoms with Gasteiger partial charge in [-0.3, -0.25) is 9.59 Å². The smallest absolute Gasteiger partial charge is 0.303 e. The molecule has 122 valence electrons. The van der Waals surface area contributed by atoms with E-state index in [4.69, 9.17) is 5.11 Å². The number of nitrogens with one attached hydrogen (secondary N) is 1. The van der Waals surface area contributed by atoms with Gasteiger partial charge in [-0.15, -0.1) is 10.2 Å². The Morgan fingerprint density at radius 1 is 1.30 bits per heavy atom. The van der Waals surface area contributed by atoms with E-state index in [9.17, 15) is 14.0 Å². The highest BCUT2D eigenvalue weighted by molar-refractivity contribution is 7.15. The maximum atomic E-state index is 13.9.